The van der Waals surface area contributed by atoms with E-state index in [9.17, 15) is 4.39 Å². The summed E-state index contributed by atoms with van der Waals surface area (Å²) in [5, 5.41) is 6.43. The van der Waals surface area contributed by atoms with Gasteiger partial charge in [-0.05, 0) is 38.2 Å². The molecule has 0 heterocycles. The van der Waals surface area contributed by atoms with Crippen LogP contribution in [0.15, 0.2) is 40.9 Å². The van der Waals surface area contributed by atoms with Crippen molar-refractivity contribution in [2.45, 2.75) is 38.6 Å². The minimum atomic E-state index is -0.187. The zero-order valence-electron chi connectivity index (χ0n) is 13.1. The van der Waals surface area contributed by atoms with Crippen molar-refractivity contribution in [3.05, 3.63) is 47.3 Å². The van der Waals surface area contributed by atoms with E-state index in [0.29, 0.717) is 12.1 Å². The number of benzene rings is 1. The topological polar surface area (TPSA) is 36.4 Å². The van der Waals surface area contributed by atoms with Crippen molar-refractivity contribution in [1.29, 1.82) is 0 Å². The summed E-state index contributed by atoms with van der Waals surface area (Å²) >= 11 is 0. The van der Waals surface area contributed by atoms with Gasteiger partial charge < -0.3 is 10.6 Å². The zero-order valence-corrected chi connectivity index (χ0v) is 15.4. The highest BCUT2D eigenvalue weighted by atomic mass is 127. The molecular weight excluding hydrogens is 392 g/mol. The van der Waals surface area contributed by atoms with Crippen molar-refractivity contribution >= 4 is 29.9 Å². The maximum Gasteiger partial charge on any atom is 0.191 e. The van der Waals surface area contributed by atoms with E-state index in [1.54, 1.807) is 24.8 Å². The molecule has 122 valence electrons. The number of aliphatic imine (C=N–C) groups is 1. The van der Waals surface area contributed by atoms with Gasteiger partial charge in [0.15, 0.2) is 5.96 Å². The number of halogens is 2. The van der Waals surface area contributed by atoms with E-state index in [2.05, 4.69) is 21.7 Å². The fourth-order valence-electron chi connectivity index (χ4n) is 2.51. The van der Waals surface area contributed by atoms with E-state index in [-0.39, 0.29) is 29.8 Å². The van der Waals surface area contributed by atoms with Crippen LogP contribution in [0.1, 0.15) is 37.7 Å². The molecule has 0 saturated heterocycles. The van der Waals surface area contributed by atoms with E-state index in [1.165, 1.54) is 31.7 Å². The Hall–Kier alpha value is -1.11. The SMILES string of the molecule is CN=C(NCCC1=CCCCC1)NCc1ccccc1F.I. The normalized spacial score (nSPS) is 14.8. The van der Waals surface area contributed by atoms with Gasteiger partial charge in [0.05, 0.1) is 0 Å². The van der Waals surface area contributed by atoms with Gasteiger partial charge in [-0.2, -0.15) is 0 Å². The number of hydrogen-bond acceptors (Lipinski definition) is 1. The van der Waals surface area contributed by atoms with Crippen molar-refractivity contribution in [2.24, 2.45) is 4.99 Å². The van der Waals surface area contributed by atoms with Crippen molar-refractivity contribution in [2.75, 3.05) is 13.6 Å². The fraction of sp³-hybridized carbons (Fsp3) is 0.471. The van der Waals surface area contributed by atoms with E-state index < -0.39 is 0 Å². The van der Waals surface area contributed by atoms with Crippen LogP contribution in [-0.4, -0.2) is 19.6 Å². The Morgan fingerprint density at radius 1 is 1.23 bits per heavy atom. The third-order valence-electron chi connectivity index (χ3n) is 3.75. The Balaban J connectivity index is 0.00000242. The van der Waals surface area contributed by atoms with Gasteiger partial charge in [-0.15, -0.1) is 24.0 Å². The van der Waals surface area contributed by atoms with Crippen LogP contribution >= 0.6 is 24.0 Å². The quantitative estimate of drug-likeness (QED) is 0.329. The third kappa shape index (κ3) is 6.34. The van der Waals surface area contributed by atoms with Crippen LogP contribution in [0.5, 0.6) is 0 Å². The molecule has 2 N–H and O–H groups in total. The lowest BCUT2D eigenvalue weighted by Gasteiger charge is -2.15. The Morgan fingerprint density at radius 3 is 2.73 bits per heavy atom. The van der Waals surface area contributed by atoms with Crippen LogP contribution in [0.3, 0.4) is 0 Å². The van der Waals surface area contributed by atoms with Crippen LogP contribution in [0.4, 0.5) is 4.39 Å². The van der Waals surface area contributed by atoms with Gasteiger partial charge in [0, 0.05) is 25.7 Å². The molecule has 0 aromatic heterocycles. The van der Waals surface area contributed by atoms with E-state index >= 15 is 0 Å². The predicted molar refractivity (Wildman–Crippen MR) is 101 cm³/mol. The lowest BCUT2D eigenvalue weighted by atomic mass is 9.97. The molecule has 1 aromatic carbocycles. The highest BCUT2D eigenvalue weighted by Gasteiger charge is 2.05. The molecule has 1 aliphatic rings. The summed E-state index contributed by atoms with van der Waals surface area (Å²) < 4.78 is 13.5. The monoisotopic (exact) mass is 417 g/mol. The molecule has 0 unspecified atom stereocenters. The lowest BCUT2D eigenvalue weighted by molar-refractivity contribution is 0.604. The first kappa shape index (κ1) is 18.9. The number of nitrogens with zero attached hydrogens (tertiary/aromatic N) is 1. The fourth-order valence-corrected chi connectivity index (χ4v) is 2.51. The summed E-state index contributed by atoms with van der Waals surface area (Å²) in [5.41, 5.74) is 2.19. The molecule has 0 radical (unpaired) electrons. The van der Waals surface area contributed by atoms with Crippen LogP contribution in [0.2, 0.25) is 0 Å². The van der Waals surface area contributed by atoms with E-state index in [4.69, 9.17) is 0 Å². The molecule has 0 aliphatic heterocycles. The molecule has 0 atom stereocenters. The van der Waals surface area contributed by atoms with Gasteiger partial charge in [0.25, 0.3) is 0 Å². The maximum atomic E-state index is 13.5. The summed E-state index contributed by atoms with van der Waals surface area (Å²) in [4.78, 5) is 4.17. The Labute approximate surface area is 149 Å². The molecular formula is C17H25FIN3. The van der Waals surface area contributed by atoms with Gasteiger partial charge in [-0.25, -0.2) is 4.39 Å². The lowest BCUT2D eigenvalue weighted by Crippen LogP contribution is -2.37. The third-order valence-corrected chi connectivity index (χ3v) is 3.75. The summed E-state index contributed by atoms with van der Waals surface area (Å²) in [6.07, 6.45) is 8.49. The predicted octanol–water partition coefficient (Wildman–Crippen LogP) is 4.00. The van der Waals surface area contributed by atoms with Crippen LogP contribution in [0.25, 0.3) is 0 Å². The van der Waals surface area contributed by atoms with Gasteiger partial charge in [0.2, 0.25) is 0 Å². The second kappa shape index (κ2) is 10.6. The maximum absolute atomic E-state index is 13.5. The minimum Gasteiger partial charge on any atom is -0.356 e. The molecule has 0 saturated carbocycles. The van der Waals surface area contributed by atoms with Crippen molar-refractivity contribution < 1.29 is 4.39 Å². The average molecular weight is 417 g/mol. The minimum absolute atomic E-state index is 0. The Kier molecular flexibility index (Phi) is 9.11. The first-order valence-corrected chi connectivity index (χ1v) is 7.65. The molecule has 0 spiro atoms. The zero-order chi connectivity index (χ0) is 14.9. The smallest absolute Gasteiger partial charge is 0.191 e. The van der Waals surface area contributed by atoms with Gasteiger partial charge in [-0.1, -0.05) is 29.8 Å². The molecule has 0 fully saturated rings. The molecule has 5 heteroatoms. The number of hydrogen-bond donors (Lipinski definition) is 2. The average Bonchev–Trinajstić information content (AvgIpc) is 2.53. The second-order valence-electron chi connectivity index (χ2n) is 5.30. The first-order valence-electron chi connectivity index (χ1n) is 7.65. The van der Waals surface area contributed by atoms with Crippen LogP contribution in [0, 0.1) is 5.82 Å². The van der Waals surface area contributed by atoms with Gasteiger partial charge in [0.1, 0.15) is 5.82 Å². The molecule has 2 rings (SSSR count). The van der Waals surface area contributed by atoms with Gasteiger partial charge in [-0.3, -0.25) is 4.99 Å². The van der Waals surface area contributed by atoms with Crippen molar-refractivity contribution in [3.63, 3.8) is 0 Å². The number of allylic oxidation sites excluding steroid dienone is 1. The summed E-state index contributed by atoms with van der Waals surface area (Å²) in [6, 6.07) is 6.79. The molecule has 0 amide bonds. The van der Waals surface area contributed by atoms with Gasteiger partial charge >= 0.3 is 0 Å². The van der Waals surface area contributed by atoms with Crippen LogP contribution < -0.4 is 10.6 Å². The number of guanidine groups is 1. The molecule has 22 heavy (non-hydrogen) atoms. The van der Waals surface area contributed by atoms with Crippen molar-refractivity contribution in [3.8, 4) is 0 Å². The highest BCUT2D eigenvalue weighted by molar-refractivity contribution is 14.0. The van der Waals surface area contributed by atoms with Crippen LogP contribution in [-0.2, 0) is 6.54 Å². The summed E-state index contributed by atoms with van der Waals surface area (Å²) in [6.45, 7) is 1.30. The summed E-state index contributed by atoms with van der Waals surface area (Å²) in [7, 11) is 1.73. The first-order chi connectivity index (χ1) is 10.3. The standard InChI is InChI=1S/C17H24FN3.HI/c1-19-17(20-12-11-14-7-3-2-4-8-14)21-13-15-9-5-6-10-16(15)18;/h5-7,9-10H,2-4,8,11-13H2,1H3,(H2,19,20,21);1H. The Bertz CT molecular complexity index is 514. The van der Waals surface area contributed by atoms with E-state index in [1.807, 2.05) is 6.07 Å². The highest BCUT2D eigenvalue weighted by Crippen LogP contribution is 2.19. The number of rotatable bonds is 5. The second-order valence-corrected chi connectivity index (χ2v) is 5.30. The van der Waals surface area contributed by atoms with Crippen molar-refractivity contribution in [1.82, 2.24) is 10.6 Å². The largest absolute Gasteiger partial charge is 0.356 e. The molecule has 0 bridgehead atoms. The Morgan fingerprint density at radius 2 is 2.05 bits per heavy atom. The summed E-state index contributed by atoms with van der Waals surface area (Å²) in [5.74, 6) is 0.530. The molecule has 1 aromatic rings. The van der Waals surface area contributed by atoms with E-state index in [0.717, 1.165) is 18.9 Å². The molecule has 3 nitrogen and oxygen atoms in total. The molecule has 1 aliphatic carbocycles. The number of nitrogens with one attached hydrogen (secondary N) is 2.